The predicted molar refractivity (Wildman–Crippen MR) is 85.2 cm³/mol. The number of quaternary nitrogens is 1. The van der Waals surface area contributed by atoms with Gasteiger partial charge in [-0.25, -0.2) is 0 Å². The van der Waals surface area contributed by atoms with Crippen molar-refractivity contribution in [2.75, 3.05) is 25.8 Å². The Hall–Kier alpha value is -1.31. The first-order valence-corrected chi connectivity index (χ1v) is 11.3. The Morgan fingerprint density at radius 2 is 0.765 bits per heavy atom. The van der Waals surface area contributed by atoms with Crippen LogP contribution in [0.3, 0.4) is 0 Å². The molecule has 0 saturated heterocycles. The molecule has 34 heavy (non-hydrogen) atoms. The summed E-state index contributed by atoms with van der Waals surface area (Å²) < 4.78 is 220. The Morgan fingerprint density at radius 1 is 0.559 bits per heavy atom. The summed E-state index contributed by atoms with van der Waals surface area (Å²) in [5.74, 6) is 0. The Bertz CT molecular complexity index is 673. The summed E-state index contributed by atoms with van der Waals surface area (Å²) in [7, 11) is 0. The molecule has 0 heterocycles. The molecule has 0 bridgehead atoms. The van der Waals surface area contributed by atoms with E-state index in [0.717, 1.165) is 0 Å². The quantitative estimate of drug-likeness (QED) is 0.267. The van der Waals surface area contributed by atoms with Gasteiger partial charge in [0.2, 0.25) is 0 Å². The van der Waals surface area contributed by atoms with Crippen LogP contribution < -0.4 is 4.90 Å². The molecule has 0 amide bonds. The second-order valence-corrected chi connectivity index (χ2v) is 12.1. The molecule has 0 aromatic rings. The van der Waals surface area contributed by atoms with E-state index in [1.807, 2.05) is 0 Å². The van der Waals surface area contributed by atoms with E-state index in [1.54, 1.807) is 4.90 Å². The van der Waals surface area contributed by atoms with Crippen LogP contribution in [0.2, 0.25) is 0 Å². The number of nitrogens with one attached hydrogen (secondary N) is 1. The minimum atomic E-state index is -13.9. The Kier molecular flexibility index (Phi) is 9.19. The number of alkyl halides is 15. The van der Waals surface area contributed by atoms with Crippen molar-refractivity contribution < 1.29 is 79.1 Å². The van der Waals surface area contributed by atoms with Crippen LogP contribution in [0.5, 0.6) is 0 Å². The maximum absolute atomic E-state index is 14.5. The number of halogens is 17. The molecule has 0 aromatic heterocycles. The van der Waals surface area contributed by atoms with Crippen molar-refractivity contribution in [1.82, 2.24) is 0 Å². The molecular weight excluding hydrogens is 550 g/mol. The van der Waals surface area contributed by atoms with E-state index in [4.69, 9.17) is 5.26 Å². The molecule has 2 nitrogen and oxygen atoms in total. The van der Waals surface area contributed by atoms with Crippen LogP contribution in [0.15, 0.2) is 0 Å². The first kappa shape index (κ1) is 34.9. The van der Waals surface area contributed by atoms with Crippen LogP contribution in [0.25, 0.3) is 0 Å². The summed E-state index contributed by atoms with van der Waals surface area (Å²) in [6.45, 7) is -3.45. The molecule has 0 rings (SSSR count). The minimum absolute atomic E-state index is 0.905. The monoisotopic (exact) mass is 568 g/mol. The van der Waals surface area contributed by atoms with Crippen molar-refractivity contribution in [1.29, 1.82) is 5.26 Å². The predicted octanol–water partition coefficient (Wildman–Crippen LogP) is 6.76. The average molecular weight is 568 g/mol. The SMILES string of the molecule is CC[NH+](CC)CC.N#CC[P-](F)(F)(C(F)(F)C(F)(F)F)(C(F)(F)C(F)(F)F)C(F)(F)C(F)(F)F. The maximum atomic E-state index is 14.5. The zero-order valence-electron chi connectivity index (χ0n) is 17.1. The van der Waals surface area contributed by atoms with E-state index in [-0.39, 0.29) is 0 Å². The summed E-state index contributed by atoms with van der Waals surface area (Å²) in [5.41, 5.74) is -27.9. The fourth-order valence-corrected chi connectivity index (χ4v) is 6.52. The topological polar surface area (TPSA) is 28.2 Å². The van der Waals surface area contributed by atoms with Crippen LogP contribution in [-0.2, 0) is 0 Å². The summed E-state index contributed by atoms with van der Waals surface area (Å²) in [6, 6.07) is -0.905. The van der Waals surface area contributed by atoms with E-state index in [9.17, 15) is 74.3 Å². The van der Waals surface area contributed by atoms with Gasteiger partial charge in [0.05, 0.1) is 19.6 Å². The molecule has 0 aliphatic rings. The number of hydrogen-bond acceptors (Lipinski definition) is 1. The molecule has 0 unspecified atom stereocenters. The average Bonchev–Trinajstić information content (AvgIpc) is 2.61. The van der Waals surface area contributed by atoms with Crippen molar-refractivity contribution in [3.63, 3.8) is 0 Å². The molecule has 208 valence electrons. The van der Waals surface area contributed by atoms with Gasteiger partial charge in [-0.1, -0.05) is 0 Å². The second kappa shape index (κ2) is 8.97. The molecule has 0 aliphatic carbocycles. The zero-order chi connectivity index (χ0) is 28.5. The second-order valence-electron chi connectivity index (χ2n) is 6.86. The molecule has 0 aliphatic heterocycles. The van der Waals surface area contributed by atoms with Gasteiger partial charge in [0, 0.05) is 0 Å². The molecule has 0 radical (unpaired) electrons. The first-order chi connectivity index (χ1) is 14.5. The molecule has 1 N–H and O–H groups in total. The Morgan fingerprint density at radius 3 is 0.853 bits per heavy atom. The fraction of sp³-hybridized carbons (Fsp3) is 0.929. The summed E-state index contributed by atoms with van der Waals surface area (Å²) in [6.07, 6.45) is -30.5. The van der Waals surface area contributed by atoms with E-state index >= 15 is 0 Å². The van der Waals surface area contributed by atoms with Gasteiger partial charge in [-0.3, -0.25) is 0 Å². The Labute approximate surface area is 180 Å². The van der Waals surface area contributed by atoms with E-state index < -0.39 is 54.3 Å². The van der Waals surface area contributed by atoms with Gasteiger partial charge in [-0.2, -0.15) is 0 Å². The standard InChI is InChI=1S/C8H2F17NP.C6H15N/c9-3(10,11)6(18,19)27(24,25,2-1-26,7(20,21)4(12,13)14)8(22,23)5(15,16)17;1-4-7(5-2)6-3/h2H2;4-6H2,1-3H3/q-1;/p+1. The van der Waals surface area contributed by atoms with Crippen LogP contribution in [0, 0.1) is 11.3 Å². The van der Waals surface area contributed by atoms with Gasteiger partial charge < -0.3 is 4.90 Å². The third-order valence-electron chi connectivity index (χ3n) is 5.03. The van der Waals surface area contributed by atoms with Gasteiger partial charge in [-0.05, 0) is 20.8 Å². The van der Waals surface area contributed by atoms with E-state index in [1.165, 1.54) is 19.6 Å². The molecule has 0 spiro atoms. The number of hydrogen-bond donors (Lipinski definition) is 1. The first-order valence-electron chi connectivity index (χ1n) is 8.67. The third-order valence-corrected chi connectivity index (χ3v) is 10.8. The van der Waals surface area contributed by atoms with Gasteiger partial charge in [-0.15, -0.1) is 0 Å². The van der Waals surface area contributed by atoms with Crippen molar-refractivity contribution in [2.24, 2.45) is 0 Å². The van der Waals surface area contributed by atoms with Crippen molar-refractivity contribution in [3.05, 3.63) is 0 Å². The van der Waals surface area contributed by atoms with E-state index in [0.29, 0.717) is 0 Å². The molecule has 20 heteroatoms. The van der Waals surface area contributed by atoms with Crippen LogP contribution in [0.4, 0.5) is 74.3 Å². The zero-order valence-corrected chi connectivity index (χ0v) is 18.0. The number of rotatable bonds is 7. The molecule has 0 fully saturated rings. The summed E-state index contributed by atoms with van der Waals surface area (Å²) in [5, 5.41) is 7.82. The van der Waals surface area contributed by atoms with Crippen LogP contribution >= 0.6 is 6.57 Å². The number of nitrogens with zero attached hydrogens (tertiary/aromatic N) is 1. The fourth-order valence-electron chi connectivity index (χ4n) is 2.67. The summed E-state index contributed by atoms with van der Waals surface area (Å²) in [4.78, 5) is 1.68. The van der Waals surface area contributed by atoms with Gasteiger partial charge in [0.1, 0.15) is 0 Å². The van der Waals surface area contributed by atoms with Crippen molar-refractivity contribution in [3.8, 4) is 6.07 Å². The van der Waals surface area contributed by atoms with Crippen LogP contribution in [-0.4, -0.2) is 61.3 Å². The molecule has 0 saturated carbocycles. The Balaban J connectivity index is 0. The van der Waals surface area contributed by atoms with Gasteiger partial charge in [0.15, 0.2) is 0 Å². The third kappa shape index (κ3) is 3.96. The molecule has 0 atom stereocenters. The summed E-state index contributed by atoms with van der Waals surface area (Å²) >= 11 is 0. The molecular formula is C14H18F17N2P. The van der Waals surface area contributed by atoms with Crippen molar-refractivity contribution >= 4 is 6.57 Å². The number of nitriles is 1. The normalized spacial score (nSPS) is 16.8. The van der Waals surface area contributed by atoms with Gasteiger partial charge in [0.25, 0.3) is 0 Å². The van der Waals surface area contributed by atoms with Gasteiger partial charge >= 0.3 is 134 Å². The van der Waals surface area contributed by atoms with E-state index in [2.05, 4.69) is 20.8 Å². The van der Waals surface area contributed by atoms with Crippen molar-refractivity contribution in [2.45, 2.75) is 56.3 Å². The van der Waals surface area contributed by atoms with Crippen LogP contribution in [0.1, 0.15) is 20.8 Å². The molecule has 0 aromatic carbocycles.